The molecule has 1 aromatic heterocycles. The molecule has 1 aliphatic carbocycles. The number of nitrogens with zero attached hydrogens (tertiary/aromatic N) is 3. The molecule has 5 N–H and O–H groups in total. The van der Waals surface area contributed by atoms with Crippen LogP contribution in [0.25, 0.3) is 11.3 Å². The predicted octanol–water partition coefficient (Wildman–Crippen LogP) is 2.27. The molecular formula is C24H29FN6O2. The van der Waals surface area contributed by atoms with E-state index < -0.39 is 17.0 Å². The third-order valence-corrected chi connectivity index (χ3v) is 6.37. The van der Waals surface area contributed by atoms with Gasteiger partial charge >= 0.3 is 0 Å². The van der Waals surface area contributed by atoms with E-state index >= 15 is 0 Å². The maximum Gasteiger partial charge on any atom is 0.244 e. The summed E-state index contributed by atoms with van der Waals surface area (Å²) in [4.78, 5) is 31.0. The normalized spacial score (nSPS) is 21.4. The Balaban J connectivity index is 1.83. The highest BCUT2D eigenvalue weighted by Gasteiger charge is 2.42. The average Bonchev–Trinajstić information content (AvgIpc) is 3.13. The van der Waals surface area contributed by atoms with E-state index in [9.17, 15) is 14.0 Å². The molecule has 174 valence electrons. The van der Waals surface area contributed by atoms with E-state index in [2.05, 4.69) is 9.88 Å². The van der Waals surface area contributed by atoms with Gasteiger partial charge in [-0.15, -0.1) is 0 Å². The van der Waals surface area contributed by atoms with Crippen molar-refractivity contribution in [1.82, 2.24) is 14.5 Å². The number of hydrogen-bond acceptors (Lipinski definition) is 5. The van der Waals surface area contributed by atoms with Crippen LogP contribution < -0.4 is 16.8 Å². The van der Waals surface area contributed by atoms with E-state index in [1.165, 1.54) is 12.1 Å². The van der Waals surface area contributed by atoms with Crippen molar-refractivity contribution < 1.29 is 14.0 Å². The Kier molecular flexibility index (Phi) is 5.61. The molecule has 0 bridgehead atoms. The number of imidazole rings is 1. The Bertz CT molecular complexity index is 1160. The van der Waals surface area contributed by atoms with Gasteiger partial charge in [0.15, 0.2) is 0 Å². The Hall–Kier alpha value is -3.46. The molecule has 2 amide bonds. The van der Waals surface area contributed by atoms with Crippen molar-refractivity contribution in [2.75, 3.05) is 18.4 Å². The highest BCUT2D eigenvalue weighted by atomic mass is 19.1. The monoisotopic (exact) mass is 452 g/mol. The van der Waals surface area contributed by atoms with Crippen LogP contribution in [0.4, 0.5) is 10.2 Å². The molecule has 2 aromatic rings. The Labute approximate surface area is 192 Å². The molecule has 8 nitrogen and oxygen atoms in total. The van der Waals surface area contributed by atoms with Crippen LogP contribution in [0.1, 0.15) is 33.0 Å². The fourth-order valence-corrected chi connectivity index (χ4v) is 4.64. The highest BCUT2D eigenvalue weighted by molar-refractivity contribution is 5.93. The van der Waals surface area contributed by atoms with E-state index in [1.807, 2.05) is 32.9 Å². The lowest BCUT2D eigenvalue weighted by Gasteiger charge is -2.42. The van der Waals surface area contributed by atoms with E-state index in [0.29, 0.717) is 36.6 Å². The zero-order valence-electron chi connectivity index (χ0n) is 19.1. The molecule has 0 spiro atoms. The second-order valence-corrected chi connectivity index (χ2v) is 9.23. The van der Waals surface area contributed by atoms with Gasteiger partial charge in [0.25, 0.3) is 0 Å². The van der Waals surface area contributed by atoms with Crippen LogP contribution in [0.5, 0.6) is 0 Å². The lowest BCUT2D eigenvalue weighted by atomic mass is 9.87. The van der Waals surface area contributed by atoms with Crippen LogP contribution in [0.15, 0.2) is 48.1 Å². The number of halogens is 1. The first-order valence-electron chi connectivity index (χ1n) is 10.9. The Morgan fingerprint density at radius 3 is 2.52 bits per heavy atom. The van der Waals surface area contributed by atoms with Gasteiger partial charge in [0.2, 0.25) is 11.8 Å². The van der Waals surface area contributed by atoms with Crippen molar-refractivity contribution in [3.05, 3.63) is 59.7 Å². The summed E-state index contributed by atoms with van der Waals surface area (Å²) in [6.45, 7) is 6.76. The number of fused-ring (bicyclic) bond motifs is 1. The minimum Gasteiger partial charge on any atom is -0.366 e. The van der Waals surface area contributed by atoms with Gasteiger partial charge in [-0.3, -0.25) is 9.59 Å². The van der Waals surface area contributed by atoms with Gasteiger partial charge in [-0.1, -0.05) is 18.2 Å². The molecule has 2 aliphatic rings. The molecule has 0 saturated carbocycles. The Morgan fingerprint density at radius 2 is 1.88 bits per heavy atom. The number of amides is 2. The second kappa shape index (κ2) is 8.15. The lowest BCUT2D eigenvalue weighted by Crippen LogP contribution is -2.53. The number of aromatic nitrogens is 2. The first kappa shape index (κ1) is 22.7. The minimum atomic E-state index is -0.703. The van der Waals surface area contributed by atoms with Crippen LogP contribution in [0.3, 0.4) is 0 Å². The molecular weight excluding hydrogens is 423 g/mol. The van der Waals surface area contributed by atoms with Gasteiger partial charge in [0.1, 0.15) is 23.2 Å². The Morgan fingerprint density at radius 1 is 1.18 bits per heavy atom. The van der Waals surface area contributed by atoms with Gasteiger partial charge in [-0.2, -0.15) is 0 Å². The van der Waals surface area contributed by atoms with Gasteiger partial charge in [0.05, 0.1) is 17.6 Å². The molecule has 1 atom stereocenters. The van der Waals surface area contributed by atoms with Gasteiger partial charge in [-0.25, -0.2) is 9.37 Å². The molecule has 1 aliphatic heterocycles. The van der Waals surface area contributed by atoms with Crippen molar-refractivity contribution in [3.8, 4) is 11.3 Å². The van der Waals surface area contributed by atoms with Crippen molar-refractivity contribution in [2.45, 2.75) is 44.8 Å². The van der Waals surface area contributed by atoms with Crippen molar-refractivity contribution in [3.63, 3.8) is 0 Å². The van der Waals surface area contributed by atoms with Crippen molar-refractivity contribution >= 4 is 17.6 Å². The highest BCUT2D eigenvalue weighted by Crippen LogP contribution is 2.40. The zero-order chi connectivity index (χ0) is 24.0. The third kappa shape index (κ3) is 4.04. The topological polar surface area (TPSA) is 119 Å². The van der Waals surface area contributed by atoms with Crippen molar-refractivity contribution in [1.29, 1.82) is 0 Å². The number of rotatable bonds is 5. The number of anilines is 1. The van der Waals surface area contributed by atoms with Crippen LogP contribution in [-0.2, 0) is 21.7 Å². The summed E-state index contributed by atoms with van der Waals surface area (Å²) in [6.07, 6.45) is 5.92. The van der Waals surface area contributed by atoms with E-state index in [4.69, 9.17) is 16.5 Å². The summed E-state index contributed by atoms with van der Waals surface area (Å²) in [5, 5.41) is 3.57. The number of hydrogen-bond donors (Lipinski definition) is 3. The molecule has 4 rings (SSSR count). The number of allylic oxidation sites excluding steroid dienone is 2. The minimum absolute atomic E-state index is 0.0782. The lowest BCUT2D eigenvalue weighted by molar-refractivity contribution is -0.137. The molecule has 2 heterocycles. The molecule has 0 radical (unpaired) electrons. The summed E-state index contributed by atoms with van der Waals surface area (Å²) < 4.78 is 15.7. The first-order valence-corrected chi connectivity index (χ1v) is 10.9. The molecule has 1 aromatic carbocycles. The first-order chi connectivity index (χ1) is 15.6. The van der Waals surface area contributed by atoms with Crippen LogP contribution >= 0.6 is 0 Å². The summed E-state index contributed by atoms with van der Waals surface area (Å²) >= 11 is 0. The summed E-state index contributed by atoms with van der Waals surface area (Å²) in [5.74, 6) is 0.494. The maximum atomic E-state index is 13.6. The number of benzene rings is 1. The third-order valence-electron chi connectivity index (χ3n) is 6.37. The fraction of sp³-hybridized carbons (Fsp3) is 0.375. The summed E-state index contributed by atoms with van der Waals surface area (Å²) in [5.41, 5.74) is 11.8. The predicted molar refractivity (Wildman–Crippen MR) is 124 cm³/mol. The largest absolute Gasteiger partial charge is 0.366 e. The molecule has 9 heteroatoms. The van der Waals surface area contributed by atoms with Gasteiger partial charge in [-0.05, 0) is 45.0 Å². The molecule has 0 fully saturated rings. The molecule has 33 heavy (non-hydrogen) atoms. The number of carbonyl (C=O) groups excluding carboxylic acids is 2. The quantitative estimate of drug-likeness (QED) is 0.643. The smallest absolute Gasteiger partial charge is 0.244 e. The second-order valence-electron chi connectivity index (χ2n) is 9.23. The van der Waals surface area contributed by atoms with E-state index in [0.717, 1.165) is 11.4 Å². The van der Waals surface area contributed by atoms with Gasteiger partial charge < -0.3 is 26.3 Å². The van der Waals surface area contributed by atoms with E-state index in [-0.39, 0.29) is 18.3 Å². The number of primary amides is 1. The SMILES string of the molecule is CC1(Nc2c(-c3ccc(F)cc3)nc3n2CCN(C(=O)CN)C3(C)C)C=CC=C(C(N)=O)C1. The summed E-state index contributed by atoms with van der Waals surface area (Å²) in [6, 6.07) is 6.14. The van der Waals surface area contributed by atoms with Crippen LogP contribution in [0.2, 0.25) is 0 Å². The number of carbonyl (C=O) groups is 2. The maximum absolute atomic E-state index is 13.6. The van der Waals surface area contributed by atoms with Crippen LogP contribution in [-0.4, -0.2) is 44.9 Å². The number of nitrogens with one attached hydrogen (secondary N) is 1. The fourth-order valence-electron chi connectivity index (χ4n) is 4.64. The average molecular weight is 453 g/mol. The van der Waals surface area contributed by atoms with Gasteiger partial charge in [0, 0.05) is 30.6 Å². The number of nitrogens with two attached hydrogens (primary N) is 2. The van der Waals surface area contributed by atoms with Crippen molar-refractivity contribution in [2.24, 2.45) is 11.5 Å². The summed E-state index contributed by atoms with van der Waals surface area (Å²) in [7, 11) is 0. The zero-order valence-corrected chi connectivity index (χ0v) is 19.1. The van der Waals surface area contributed by atoms with E-state index in [1.54, 1.807) is 23.1 Å². The molecule has 1 unspecified atom stereocenters. The standard InChI is InChI=1S/C24H29FN6O2/c1-23(2)22-28-19(15-6-8-17(25)9-7-15)21(30(22)11-12-31(23)18(32)14-26)29-24(3)10-4-5-16(13-24)20(27)33/h4-10,29H,11-14,26H2,1-3H3,(H2,27,33). The molecule has 0 saturated heterocycles. The van der Waals surface area contributed by atoms with Crippen LogP contribution in [0, 0.1) is 5.82 Å².